The molecule has 1 amide bonds. The predicted molar refractivity (Wildman–Crippen MR) is 100 cm³/mol. The molecular formula is C18H23BrN4O2. The summed E-state index contributed by atoms with van der Waals surface area (Å²) in [6.45, 7) is 7.07. The van der Waals surface area contributed by atoms with Crippen LogP contribution in [0.25, 0.3) is 11.3 Å². The molecule has 1 aliphatic rings. The van der Waals surface area contributed by atoms with Gasteiger partial charge in [-0.25, -0.2) is 0 Å². The molecule has 1 saturated heterocycles. The molecule has 0 radical (unpaired) electrons. The van der Waals surface area contributed by atoms with Crippen LogP contribution in [0.15, 0.2) is 34.8 Å². The van der Waals surface area contributed by atoms with Gasteiger partial charge in [-0.05, 0) is 32.0 Å². The fraction of sp³-hybridized carbons (Fsp3) is 0.444. The van der Waals surface area contributed by atoms with Gasteiger partial charge in [-0.2, -0.15) is 5.10 Å². The van der Waals surface area contributed by atoms with Crippen LogP contribution >= 0.6 is 15.9 Å². The SMILES string of the molecule is CC(C)(O)CN1CCN(C(=O)c2cc(-c3ccc(Br)cc3)n[nH]2)CC1. The molecule has 6 nitrogen and oxygen atoms in total. The lowest BCUT2D eigenvalue weighted by Gasteiger charge is -2.37. The summed E-state index contributed by atoms with van der Waals surface area (Å²) in [6.07, 6.45) is 0. The minimum absolute atomic E-state index is 0.0289. The number of aliphatic hydroxyl groups is 1. The molecule has 0 atom stereocenters. The monoisotopic (exact) mass is 406 g/mol. The van der Waals surface area contributed by atoms with Gasteiger partial charge in [-0.1, -0.05) is 28.1 Å². The highest BCUT2D eigenvalue weighted by molar-refractivity contribution is 9.10. The molecule has 25 heavy (non-hydrogen) atoms. The van der Waals surface area contributed by atoms with E-state index in [1.807, 2.05) is 29.2 Å². The van der Waals surface area contributed by atoms with Crippen LogP contribution in [0.2, 0.25) is 0 Å². The van der Waals surface area contributed by atoms with Crippen LogP contribution in [0.3, 0.4) is 0 Å². The van der Waals surface area contributed by atoms with E-state index in [1.165, 1.54) is 0 Å². The average Bonchev–Trinajstić information content (AvgIpc) is 3.04. The summed E-state index contributed by atoms with van der Waals surface area (Å²) < 4.78 is 1.01. The Bertz CT molecular complexity index is 728. The van der Waals surface area contributed by atoms with Crippen LogP contribution in [0.1, 0.15) is 24.3 Å². The Morgan fingerprint density at radius 1 is 1.24 bits per heavy atom. The first kappa shape index (κ1) is 18.1. The highest BCUT2D eigenvalue weighted by Crippen LogP contribution is 2.21. The zero-order valence-electron chi connectivity index (χ0n) is 14.5. The number of nitrogens with one attached hydrogen (secondary N) is 1. The van der Waals surface area contributed by atoms with Crippen molar-refractivity contribution >= 4 is 21.8 Å². The molecule has 0 spiro atoms. The molecule has 0 bridgehead atoms. The Labute approximate surface area is 156 Å². The molecule has 2 aromatic rings. The Hall–Kier alpha value is -1.70. The molecule has 0 saturated carbocycles. The zero-order valence-corrected chi connectivity index (χ0v) is 16.1. The van der Waals surface area contributed by atoms with Crippen molar-refractivity contribution in [3.8, 4) is 11.3 Å². The van der Waals surface area contributed by atoms with Gasteiger partial charge in [0, 0.05) is 42.8 Å². The third-order valence-corrected chi connectivity index (χ3v) is 4.75. The third kappa shape index (κ3) is 4.68. The van der Waals surface area contributed by atoms with Crippen molar-refractivity contribution < 1.29 is 9.90 Å². The zero-order chi connectivity index (χ0) is 18.0. The number of aromatic amines is 1. The average molecular weight is 407 g/mol. The highest BCUT2D eigenvalue weighted by atomic mass is 79.9. The van der Waals surface area contributed by atoms with Gasteiger partial charge in [0.05, 0.1) is 11.3 Å². The number of β-amino-alcohol motifs (C(OH)–C–C–N with tert-alkyl or cyclic N) is 1. The van der Waals surface area contributed by atoms with Crippen LogP contribution in [-0.2, 0) is 0 Å². The lowest BCUT2D eigenvalue weighted by atomic mass is 10.1. The van der Waals surface area contributed by atoms with E-state index < -0.39 is 5.60 Å². The molecule has 0 unspecified atom stereocenters. The maximum absolute atomic E-state index is 12.7. The number of halogens is 1. The van der Waals surface area contributed by atoms with Crippen LogP contribution < -0.4 is 0 Å². The van der Waals surface area contributed by atoms with E-state index in [0.717, 1.165) is 28.8 Å². The molecule has 2 heterocycles. The first-order valence-electron chi connectivity index (χ1n) is 8.37. The maximum Gasteiger partial charge on any atom is 0.271 e. The lowest BCUT2D eigenvalue weighted by molar-refractivity contribution is 0.0177. The molecule has 134 valence electrons. The number of amides is 1. The first-order chi connectivity index (χ1) is 11.8. The second-order valence-corrected chi connectivity index (χ2v) is 7.97. The fourth-order valence-corrected chi connectivity index (χ4v) is 3.29. The number of carbonyl (C=O) groups is 1. The van der Waals surface area contributed by atoms with E-state index in [2.05, 4.69) is 31.0 Å². The van der Waals surface area contributed by atoms with Gasteiger partial charge in [0.2, 0.25) is 0 Å². The largest absolute Gasteiger partial charge is 0.389 e. The van der Waals surface area contributed by atoms with Crippen LogP contribution in [-0.4, -0.2) is 69.3 Å². The number of piperazine rings is 1. The Balaban J connectivity index is 1.62. The van der Waals surface area contributed by atoms with E-state index in [-0.39, 0.29) is 5.91 Å². The second kappa shape index (κ2) is 7.27. The molecule has 2 N–H and O–H groups in total. The van der Waals surface area contributed by atoms with Gasteiger partial charge in [-0.3, -0.25) is 14.8 Å². The summed E-state index contributed by atoms with van der Waals surface area (Å²) >= 11 is 3.41. The van der Waals surface area contributed by atoms with E-state index in [1.54, 1.807) is 19.9 Å². The maximum atomic E-state index is 12.7. The summed E-state index contributed by atoms with van der Waals surface area (Å²) in [5, 5.41) is 17.0. The van der Waals surface area contributed by atoms with Crippen LogP contribution in [0.5, 0.6) is 0 Å². The van der Waals surface area contributed by atoms with E-state index in [9.17, 15) is 9.90 Å². The van der Waals surface area contributed by atoms with Crippen molar-refractivity contribution in [1.82, 2.24) is 20.0 Å². The van der Waals surface area contributed by atoms with Crippen molar-refractivity contribution in [2.24, 2.45) is 0 Å². The van der Waals surface area contributed by atoms with Gasteiger partial charge in [0.1, 0.15) is 5.69 Å². The molecule has 0 aliphatic carbocycles. The predicted octanol–water partition coefficient (Wildman–Crippen LogP) is 2.37. The number of aromatic nitrogens is 2. The topological polar surface area (TPSA) is 72.5 Å². The molecule has 7 heteroatoms. The van der Waals surface area contributed by atoms with Crippen molar-refractivity contribution in [1.29, 1.82) is 0 Å². The van der Waals surface area contributed by atoms with Crippen molar-refractivity contribution in [3.05, 3.63) is 40.5 Å². The molecule has 1 aromatic carbocycles. The Morgan fingerprint density at radius 2 is 1.88 bits per heavy atom. The Morgan fingerprint density at radius 3 is 2.48 bits per heavy atom. The van der Waals surface area contributed by atoms with Crippen molar-refractivity contribution in [2.45, 2.75) is 19.4 Å². The second-order valence-electron chi connectivity index (χ2n) is 7.05. The van der Waals surface area contributed by atoms with Crippen LogP contribution in [0.4, 0.5) is 0 Å². The number of hydrogen-bond donors (Lipinski definition) is 2. The summed E-state index contributed by atoms with van der Waals surface area (Å²) in [5.41, 5.74) is 1.52. The standard InChI is InChI=1S/C18H23BrN4O2/c1-18(2,25)12-22-7-9-23(10-8-22)17(24)16-11-15(20-21-16)13-3-5-14(19)6-4-13/h3-6,11,25H,7-10,12H2,1-2H3,(H,20,21). The summed E-state index contributed by atoms with van der Waals surface area (Å²) in [5.74, 6) is -0.0289. The van der Waals surface area contributed by atoms with Crippen molar-refractivity contribution in [3.63, 3.8) is 0 Å². The molecule has 1 aromatic heterocycles. The summed E-state index contributed by atoms with van der Waals surface area (Å²) in [7, 11) is 0. The summed E-state index contributed by atoms with van der Waals surface area (Å²) in [4.78, 5) is 16.7. The quantitative estimate of drug-likeness (QED) is 0.817. The molecule has 1 aliphatic heterocycles. The number of carbonyl (C=O) groups excluding carboxylic acids is 1. The van der Waals surface area contributed by atoms with Gasteiger partial charge >= 0.3 is 0 Å². The fourth-order valence-electron chi connectivity index (χ4n) is 3.03. The van der Waals surface area contributed by atoms with E-state index in [4.69, 9.17) is 0 Å². The van der Waals surface area contributed by atoms with Gasteiger partial charge in [0.15, 0.2) is 0 Å². The van der Waals surface area contributed by atoms with E-state index >= 15 is 0 Å². The number of hydrogen-bond acceptors (Lipinski definition) is 4. The van der Waals surface area contributed by atoms with Crippen molar-refractivity contribution in [2.75, 3.05) is 32.7 Å². The first-order valence-corrected chi connectivity index (χ1v) is 9.16. The van der Waals surface area contributed by atoms with Gasteiger partial charge in [0.25, 0.3) is 5.91 Å². The molecule has 3 rings (SSSR count). The lowest BCUT2D eigenvalue weighted by Crippen LogP contribution is -2.52. The number of H-pyrrole nitrogens is 1. The minimum Gasteiger partial charge on any atom is -0.389 e. The highest BCUT2D eigenvalue weighted by Gasteiger charge is 2.26. The number of nitrogens with zero attached hydrogens (tertiary/aromatic N) is 3. The summed E-state index contributed by atoms with van der Waals surface area (Å²) in [6, 6.07) is 9.63. The van der Waals surface area contributed by atoms with Gasteiger partial charge < -0.3 is 10.0 Å². The minimum atomic E-state index is -0.713. The van der Waals surface area contributed by atoms with Crippen LogP contribution in [0, 0.1) is 0 Å². The smallest absolute Gasteiger partial charge is 0.271 e. The Kier molecular flexibility index (Phi) is 5.27. The molecule has 1 fully saturated rings. The molecular weight excluding hydrogens is 384 g/mol. The third-order valence-electron chi connectivity index (χ3n) is 4.22. The number of rotatable bonds is 4. The van der Waals surface area contributed by atoms with Gasteiger partial charge in [-0.15, -0.1) is 0 Å². The van der Waals surface area contributed by atoms with E-state index in [0.29, 0.717) is 25.3 Å². The normalized spacial score (nSPS) is 16.2. The number of benzene rings is 1.